The minimum atomic E-state index is -0.507. The molecule has 0 radical (unpaired) electrons. The average Bonchev–Trinajstić information content (AvgIpc) is 2.85. The van der Waals surface area contributed by atoms with E-state index in [0.29, 0.717) is 4.88 Å². The highest BCUT2D eigenvalue weighted by atomic mass is 32.1. The zero-order valence-electron chi connectivity index (χ0n) is 11.3. The van der Waals surface area contributed by atoms with Crippen molar-refractivity contribution in [2.45, 2.75) is 33.1 Å². The van der Waals surface area contributed by atoms with Gasteiger partial charge in [-0.2, -0.15) is 0 Å². The van der Waals surface area contributed by atoms with Crippen molar-refractivity contribution < 1.29 is 14.3 Å². The third kappa shape index (κ3) is 3.12. The van der Waals surface area contributed by atoms with Crippen molar-refractivity contribution in [3.05, 3.63) is 10.6 Å². The SMILES string of the molecule is CCOC(=O)c1nc(N2CCCCC2)sc1C(C)=O. The molecule has 0 aromatic carbocycles. The fourth-order valence-corrected chi connectivity index (χ4v) is 3.11. The molecular weight excluding hydrogens is 264 g/mol. The zero-order chi connectivity index (χ0) is 13.8. The highest BCUT2D eigenvalue weighted by Crippen LogP contribution is 2.29. The minimum absolute atomic E-state index is 0.135. The summed E-state index contributed by atoms with van der Waals surface area (Å²) in [5.41, 5.74) is 0.167. The minimum Gasteiger partial charge on any atom is -0.461 e. The summed E-state index contributed by atoms with van der Waals surface area (Å²) in [6.45, 7) is 5.35. The van der Waals surface area contributed by atoms with Crippen LogP contribution < -0.4 is 4.90 Å². The van der Waals surface area contributed by atoms with E-state index in [1.807, 2.05) is 0 Å². The monoisotopic (exact) mass is 282 g/mol. The summed E-state index contributed by atoms with van der Waals surface area (Å²) in [5, 5.41) is 0.757. The summed E-state index contributed by atoms with van der Waals surface area (Å²) in [7, 11) is 0. The van der Waals surface area contributed by atoms with E-state index >= 15 is 0 Å². The van der Waals surface area contributed by atoms with Gasteiger partial charge in [0.05, 0.1) is 6.61 Å². The molecule has 1 aliphatic heterocycles. The molecule has 1 fully saturated rings. The summed E-state index contributed by atoms with van der Waals surface area (Å²) in [6, 6.07) is 0. The summed E-state index contributed by atoms with van der Waals surface area (Å²) >= 11 is 1.29. The predicted octanol–water partition coefficient (Wildman–Crippen LogP) is 2.51. The molecule has 1 aromatic rings. The van der Waals surface area contributed by atoms with Gasteiger partial charge < -0.3 is 9.64 Å². The Kier molecular flexibility index (Phi) is 4.52. The number of anilines is 1. The highest BCUT2D eigenvalue weighted by Gasteiger charge is 2.25. The molecule has 0 atom stereocenters. The molecule has 2 heterocycles. The van der Waals surface area contributed by atoms with Crippen LogP contribution in [-0.2, 0) is 4.74 Å². The van der Waals surface area contributed by atoms with Gasteiger partial charge in [0, 0.05) is 20.0 Å². The van der Waals surface area contributed by atoms with Crippen LogP contribution in [0.1, 0.15) is 53.3 Å². The molecule has 0 saturated carbocycles. The van der Waals surface area contributed by atoms with Crippen molar-refractivity contribution in [1.29, 1.82) is 0 Å². The van der Waals surface area contributed by atoms with Crippen LogP contribution in [0.5, 0.6) is 0 Å². The normalized spacial score (nSPS) is 15.4. The number of ether oxygens (including phenoxy) is 1. The maximum absolute atomic E-state index is 11.8. The predicted molar refractivity (Wildman–Crippen MR) is 74.1 cm³/mol. The summed E-state index contributed by atoms with van der Waals surface area (Å²) in [5.74, 6) is -0.643. The molecular formula is C13H18N2O3S. The summed E-state index contributed by atoms with van der Waals surface area (Å²) in [6.07, 6.45) is 3.49. The van der Waals surface area contributed by atoms with Crippen molar-refractivity contribution >= 4 is 28.2 Å². The second-order valence-electron chi connectivity index (χ2n) is 4.50. The lowest BCUT2D eigenvalue weighted by atomic mass is 10.1. The van der Waals surface area contributed by atoms with E-state index in [-0.39, 0.29) is 18.1 Å². The molecule has 1 aromatic heterocycles. The number of carbonyl (C=O) groups is 2. The molecule has 0 spiro atoms. The van der Waals surface area contributed by atoms with Crippen molar-refractivity contribution in [3.8, 4) is 0 Å². The van der Waals surface area contributed by atoms with Crippen LogP contribution in [0.3, 0.4) is 0 Å². The maximum atomic E-state index is 11.8. The topological polar surface area (TPSA) is 59.5 Å². The van der Waals surface area contributed by atoms with Crippen molar-refractivity contribution in [2.75, 3.05) is 24.6 Å². The molecule has 1 aliphatic rings. The van der Waals surface area contributed by atoms with Gasteiger partial charge in [-0.1, -0.05) is 11.3 Å². The number of esters is 1. The quantitative estimate of drug-likeness (QED) is 0.627. The van der Waals surface area contributed by atoms with E-state index in [4.69, 9.17) is 4.74 Å². The molecule has 5 nitrogen and oxygen atoms in total. The number of Topliss-reactive ketones (excluding diaryl/α,β-unsaturated/α-hetero) is 1. The smallest absolute Gasteiger partial charge is 0.358 e. The lowest BCUT2D eigenvalue weighted by Gasteiger charge is -2.25. The van der Waals surface area contributed by atoms with E-state index < -0.39 is 5.97 Å². The molecule has 6 heteroatoms. The number of hydrogen-bond acceptors (Lipinski definition) is 6. The molecule has 0 aliphatic carbocycles. The molecule has 0 N–H and O–H groups in total. The first kappa shape index (κ1) is 14.0. The van der Waals surface area contributed by atoms with Gasteiger partial charge in [0.25, 0.3) is 0 Å². The molecule has 0 unspecified atom stereocenters. The third-order valence-corrected chi connectivity index (χ3v) is 4.25. The largest absolute Gasteiger partial charge is 0.461 e. The maximum Gasteiger partial charge on any atom is 0.358 e. The van der Waals surface area contributed by atoms with Crippen LogP contribution in [0.25, 0.3) is 0 Å². The molecule has 0 amide bonds. The Hall–Kier alpha value is -1.43. The van der Waals surface area contributed by atoms with Crippen LogP contribution in [0.2, 0.25) is 0 Å². The van der Waals surface area contributed by atoms with E-state index in [1.54, 1.807) is 6.92 Å². The van der Waals surface area contributed by atoms with E-state index in [0.717, 1.165) is 31.1 Å². The molecule has 1 saturated heterocycles. The number of rotatable bonds is 4. The molecule has 104 valence electrons. The Balaban J connectivity index is 2.28. The van der Waals surface area contributed by atoms with Gasteiger partial charge in [0.2, 0.25) is 0 Å². The number of carbonyl (C=O) groups excluding carboxylic acids is 2. The number of thiazole rings is 1. The Morgan fingerprint density at radius 3 is 2.58 bits per heavy atom. The average molecular weight is 282 g/mol. The molecule has 19 heavy (non-hydrogen) atoms. The lowest BCUT2D eigenvalue weighted by Crippen LogP contribution is -2.29. The first-order chi connectivity index (χ1) is 9.13. The van der Waals surface area contributed by atoms with Crippen molar-refractivity contribution in [1.82, 2.24) is 4.98 Å². The van der Waals surface area contributed by atoms with Gasteiger partial charge in [0.1, 0.15) is 4.88 Å². The Morgan fingerprint density at radius 1 is 1.32 bits per heavy atom. The Bertz CT molecular complexity index is 478. The van der Waals surface area contributed by atoms with Gasteiger partial charge in [0.15, 0.2) is 16.6 Å². The van der Waals surface area contributed by atoms with E-state index in [1.165, 1.54) is 24.7 Å². The van der Waals surface area contributed by atoms with Crippen molar-refractivity contribution in [2.24, 2.45) is 0 Å². The van der Waals surface area contributed by atoms with Crippen LogP contribution in [0.4, 0.5) is 5.13 Å². The van der Waals surface area contributed by atoms with Crippen LogP contribution in [0, 0.1) is 0 Å². The first-order valence-corrected chi connectivity index (χ1v) is 7.39. The number of hydrogen-bond donors (Lipinski definition) is 0. The fourth-order valence-electron chi connectivity index (χ4n) is 2.11. The summed E-state index contributed by atoms with van der Waals surface area (Å²) < 4.78 is 4.95. The third-order valence-electron chi connectivity index (χ3n) is 3.03. The first-order valence-electron chi connectivity index (χ1n) is 6.57. The van der Waals surface area contributed by atoms with Gasteiger partial charge in [-0.25, -0.2) is 9.78 Å². The van der Waals surface area contributed by atoms with E-state index in [9.17, 15) is 9.59 Å². The van der Waals surface area contributed by atoms with Crippen LogP contribution in [-0.4, -0.2) is 36.4 Å². The standard InChI is InChI=1S/C13H18N2O3S/c1-3-18-12(17)10-11(9(2)16)19-13(14-10)15-7-5-4-6-8-15/h3-8H2,1-2H3. The number of aromatic nitrogens is 1. The fraction of sp³-hybridized carbons (Fsp3) is 0.615. The second kappa shape index (κ2) is 6.14. The lowest BCUT2D eigenvalue weighted by molar-refractivity contribution is 0.0517. The van der Waals surface area contributed by atoms with E-state index in [2.05, 4.69) is 9.88 Å². The van der Waals surface area contributed by atoms with Gasteiger partial charge >= 0.3 is 5.97 Å². The van der Waals surface area contributed by atoms with Gasteiger partial charge in [-0.15, -0.1) is 0 Å². The zero-order valence-corrected chi connectivity index (χ0v) is 12.1. The summed E-state index contributed by atoms with van der Waals surface area (Å²) in [4.78, 5) is 30.3. The number of ketones is 1. The van der Waals surface area contributed by atoms with Crippen LogP contribution >= 0.6 is 11.3 Å². The number of piperidine rings is 1. The van der Waals surface area contributed by atoms with Crippen molar-refractivity contribution in [3.63, 3.8) is 0 Å². The Labute approximate surface area is 116 Å². The molecule has 0 bridgehead atoms. The number of nitrogens with zero attached hydrogens (tertiary/aromatic N) is 2. The van der Waals surface area contributed by atoms with Gasteiger partial charge in [-0.3, -0.25) is 4.79 Å². The highest BCUT2D eigenvalue weighted by molar-refractivity contribution is 7.17. The Morgan fingerprint density at radius 2 is 2.00 bits per heavy atom. The molecule has 2 rings (SSSR count). The second-order valence-corrected chi connectivity index (χ2v) is 5.48. The van der Waals surface area contributed by atoms with Gasteiger partial charge in [-0.05, 0) is 26.2 Å². The van der Waals surface area contributed by atoms with Crippen LogP contribution in [0.15, 0.2) is 0 Å².